The van der Waals surface area contributed by atoms with E-state index >= 15 is 0 Å². The number of rotatable bonds is 7. The van der Waals surface area contributed by atoms with Crippen molar-refractivity contribution in [1.29, 1.82) is 0 Å². The molecule has 19 heavy (non-hydrogen) atoms. The zero-order valence-corrected chi connectivity index (χ0v) is 12.6. The molecule has 4 nitrogen and oxygen atoms in total. The van der Waals surface area contributed by atoms with Crippen molar-refractivity contribution in [3.8, 4) is 0 Å². The number of unbranched alkanes of at least 4 members (excludes halogenated alkanes) is 1. The fourth-order valence-corrected chi connectivity index (χ4v) is 2.87. The Morgan fingerprint density at radius 3 is 3.00 bits per heavy atom. The van der Waals surface area contributed by atoms with E-state index in [-0.39, 0.29) is 0 Å². The van der Waals surface area contributed by atoms with E-state index in [1.807, 2.05) is 17.9 Å². The standard InChI is InChI=1S/C15H28N4/c1-4-5-9-19(12-15-7-6-8-16-15)13(2)14-10-17-18(3)11-14/h10-11,13,15-16H,4-9,12H2,1-3H3. The molecule has 0 spiro atoms. The molecule has 0 radical (unpaired) electrons. The Kier molecular flexibility index (Phi) is 5.40. The van der Waals surface area contributed by atoms with Gasteiger partial charge >= 0.3 is 0 Å². The molecular formula is C15H28N4. The van der Waals surface area contributed by atoms with Crippen LogP contribution in [0.15, 0.2) is 12.4 Å². The second kappa shape index (κ2) is 7.06. The Bertz CT molecular complexity index is 368. The summed E-state index contributed by atoms with van der Waals surface area (Å²) in [5.74, 6) is 0. The summed E-state index contributed by atoms with van der Waals surface area (Å²) in [5.41, 5.74) is 1.33. The van der Waals surface area contributed by atoms with E-state index in [4.69, 9.17) is 0 Å². The van der Waals surface area contributed by atoms with E-state index in [1.54, 1.807) is 0 Å². The molecule has 0 aromatic carbocycles. The van der Waals surface area contributed by atoms with E-state index in [1.165, 1.54) is 44.3 Å². The number of aryl methyl sites for hydroxylation is 1. The highest BCUT2D eigenvalue weighted by molar-refractivity contribution is 5.09. The second-order valence-electron chi connectivity index (χ2n) is 5.77. The van der Waals surface area contributed by atoms with Gasteiger partial charge in [-0.2, -0.15) is 5.10 Å². The maximum atomic E-state index is 4.31. The van der Waals surface area contributed by atoms with Crippen LogP contribution < -0.4 is 5.32 Å². The van der Waals surface area contributed by atoms with E-state index in [0.29, 0.717) is 12.1 Å². The first kappa shape index (κ1) is 14.5. The summed E-state index contributed by atoms with van der Waals surface area (Å²) in [6.07, 6.45) is 9.33. The van der Waals surface area contributed by atoms with Crippen molar-refractivity contribution in [3.63, 3.8) is 0 Å². The third kappa shape index (κ3) is 4.05. The Morgan fingerprint density at radius 2 is 2.42 bits per heavy atom. The highest BCUT2D eigenvalue weighted by atomic mass is 15.3. The molecule has 0 aliphatic carbocycles. The van der Waals surface area contributed by atoms with Gasteiger partial charge in [0.05, 0.1) is 6.20 Å². The largest absolute Gasteiger partial charge is 0.313 e. The molecule has 2 unspecified atom stereocenters. The number of nitrogens with one attached hydrogen (secondary N) is 1. The summed E-state index contributed by atoms with van der Waals surface area (Å²) in [7, 11) is 1.99. The van der Waals surface area contributed by atoms with Crippen LogP contribution in [-0.4, -0.2) is 40.4 Å². The van der Waals surface area contributed by atoms with Gasteiger partial charge in [-0.3, -0.25) is 9.58 Å². The van der Waals surface area contributed by atoms with Gasteiger partial charge in [-0.25, -0.2) is 0 Å². The fourth-order valence-electron chi connectivity index (χ4n) is 2.87. The molecule has 0 saturated carbocycles. The van der Waals surface area contributed by atoms with E-state index in [2.05, 4.69) is 35.4 Å². The van der Waals surface area contributed by atoms with E-state index in [9.17, 15) is 0 Å². The number of aromatic nitrogens is 2. The van der Waals surface area contributed by atoms with Gasteiger partial charge in [-0.05, 0) is 39.3 Å². The van der Waals surface area contributed by atoms with E-state index in [0.717, 1.165) is 6.54 Å². The van der Waals surface area contributed by atoms with Crippen LogP contribution >= 0.6 is 0 Å². The van der Waals surface area contributed by atoms with Crippen molar-refractivity contribution >= 4 is 0 Å². The van der Waals surface area contributed by atoms with Gasteiger partial charge in [0.25, 0.3) is 0 Å². The molecule has 2 atom stereocenters. The minimum atomic E-state index is 0.461. The molecule has 108 valence electrons. The minimum Gasteiger partial charge on any atom is -0.313 e. The summed E-state index contributed by atoms with van der Waals surface area (Å²) < 4.78 is 1.90. The molecule has 0 amide bonds. The van der Waals surface area contributed by atoms with Gasteiger partial charge in [-0.15, -0.1) is 0 Å². The molecule has 1 aliphatic rings. The van der Waals surface area contributed by atoms with Crippen LogP contribution in [0.1, 0.15) is 51.1 Å². The molecule has 1 N–H and O–H groups in total. The van der Waals surface area contributed by atoms with Crippen molar-refractivity contribution in [3.05, 3.63) is 18.0 Å². The van der Waals surface area contributed by atoms with Gasteiger partial charge in [0, 0.05) is 37.4 Å². The zero-order chi connectivity index (χ0) is 13.7. The quantitative estimate of drug-likeness (QED) is 0.820. The first-order chi connectivity index (χ1) is 9.20. The van der Waals surface area contributed by atoms with Crippen LogP contribution in [-0.2, 0) is 7.05 Å². The van der Waals surface area contributed by atoms with Crippen LogP contribution in [0.3, 0.4) is 0 Å². The summed E-state index contributed by atoms with van der Waals surface area (Å²) in [4.78, 5) is 2.61. The third-order valence-electron chi connectivity index (χ3n) is 4.17. The van der Waals surface area contributed by atoms with Gasteiger partial charge in [0.15, 0.2) is 0 Å². The molecular weight excluding hydrogens is 236 g/mol. The zero-order valence-electron chi connectivity index (χ0n) is 12.6. The lowest BCUT2D eigenvalue weighted by atomic mass is 10.1. The monoisotopic (exact) mass is 264 g/mol. The molecule has 1 saturated heterocycles. The molecule has 1 aliphatic heterocycles. The fraction of sp³-hybridized carbons (Fsp3) is 0.800. The Balaban J connectivity index is 1.98. The lowest BCUT2D eigenvalue weighted by Crippen LogP contribution is -2.39. The maximum absolute atomic E-state index is 4.31. The van der Waals surface area contributed by atoms with Gasteiger partial charge in [0.2, 0.25) is 0 Å². The highest BCUT2D eigenvalue weighted by Gasteiger charge is 2.22. The first-order valence-electron chi connectivity index (χ1n) is 7.66. The summed E-state index contributed by atoms with van der Waals surface area (Å²) >= 11 is 0. The highest BCUT2D eigenvalue weighted by Crippen LogP contribution is 2.21. The van der Waals surface area contributed by atoms with Crippen molar-refractivity contribution in [2.75, 3.05) is 19.6 Å². The first-order valence-corrected chi connectivity index (χ1v) is 7.66. The Hall–Kier alpha value is -0.870. The predicted molar refractivity (Wildman–Crippen MR) is 79.1 cm³/mol. The smallest absolute Gasteiger partial charge is 0.0537 e. The SMILES string of the molecule is CCCCN(CC1CCCN1)C(C)c1cnn(C)c1. The van der Waals surface area contributed by atoms with Crippen LogP contribution in [0.2, 0.25) is 0 Å². The molecule has 0 bridgehead atoms. The van der Waals surface area contributed by atoms with Crippen molar-refractivity contribution < 1.29 is 0 Å². The van der Waals surface area contributed by atoms with Crippen LogP contribution in [0, 0.1) is 0 Å². The maximum Gasteiger partial charge on any atom is 0.0537 e. The van der Waals surface area contributed by atoms with Crippen molar-refractivity contribution in [2.24, 2.45) is 7.05 Å². The number of hydrogen-bond acceptors (Lipinski definition) is 3. The lowest BCUT2D eigenvalue weighted by Gasteiger charge is -2.31. The van der Waals surface area contributed by atoms with Gasteiger partial charge < -0.3 is 5.32 Å². The van der Waals surface area contributed by atoms with Gasteiger partial charge in [-0.1, -0.05) is 13.3 Å². The van der Waals surface area contributed by atoms with Crippen molar-refractivity contribution in [1.82, 2.24) is 20.0 Å². The molecule has 2 rings (SSSR count). The topological polar surface area (TPSA) is 33.1 Å². The second-order valence-corrected chi connectivity index (χ2v) is 5.77. The Morgan fingerprint density at radius 1 is 1.58 bits per heavy atom. The third-order valence-corrected chi connectivity index (χ3v) is 4.17. The Labute approximate surface area is 117 Å². The predicted octanol–water partition coefficient (Wildman–Crippen LogP) is 2.34. The van der Waals surface area contributed by atoms with Crippen LogP contribution in [0.5, 0.6) is 0 Å². The molecule has 1 aromatic heterocycles. The summed E-state index contributed by atoms with van der Waals surface area (Å²) in [6, 6.07) is 1.14. The molecule has 4 heteroatoms. The van der Waals surface area contributed by atoms with E-state index < -0.39 is 0 Å². The summed E-state index contributed by atoms with van der Waals surface area (Å²) in [6.45, 7) is 8.11. The van der Waals surface area contributed by atoms with Crippen molar-refractivity contribution in [2.45, 2.75) is 51.6 Å². The normalized spacial score (nSPS) is 21.2. The number of nitrogens with zero attached hydrogens (tertiary/aromatic N) is 3. The molecule has 2 heterocycles. The van der Waals surface area contributed by atoms with Crippen LogP contribution in [0.25, 0.3) is 0 Å². The number of hydrogen-bond donors (Lipinski definition) is 1. The molecule has 1 fully saturated rings. The minimum absolute atomic E-state index is 0.461. The average Bonchev–Trinajstić information content (AvgIpc) is 3.05. The molecule has 1 aromatic rings. The van der Waals surface area contributed by atoms with Crippen LogP contribution in [0.4, 0.5) is 0 Å². The van der Waals surface area contributed by atoms with Gasteiger partial charge in [0.1, 0.15) is 0 Å². The summed E-state index contributed by atoms with van der Waals surface area (Å²) in [5, 5.41) is 7.92. The lowest BCUT2D eigenvalue weighted by molar-refractivity contribution is 0.189. The average molecular weight is 264 g/mol.